The molecule has 0 heterocycles. The van der Waals surface area contributed by atoms with E-state index in [1.54, 1.807) is 6.92 Å². The number of rotatable bonds is 8. The van der Waals surface area contributed by atoms with E-state index in [4.69, 9.17) is 24.7 Å². The van der Waals surface area contributed by atoms with Gasteiger partial charge in [-0.1, -0.05) is 0 Å². The summed E-state index contributed by atoms with van der Waals surface area (Å²) in [6, 6.07) is 3.63. The van der Waals surface area contributed by atoms with E-state index >= 15 is 0 Å². The first kappa shape index (κ1) is 16.1. The highest BCUT2D eigenvalue weighted by Crippen LogP contribution is 2.38. The summed E-state index contributed by atoms with van der Waals surface area (Å²) in [5, 5.41) is 0. The summed E-state index contributed by atoms with van der Waals surface area (Å²) in [7, 11) is 3.05. The Bertz CT molecular complexity index is 422. The summed E-state index contributed by atoms with van der Waals surface area (Å²) in [6.07, 6.45) is 0.699. The molecule has 2 N–H and O–H groups in total. The van der Waals surface area contributed by atoms with Gasteiger partial charge in [0.05, 0.1) is 20.8 Å². The molecule has 0 saturated carbocycles. The van der Waals surface area contributed by atoms with Crippen LogP contribution in [0.5, 0.6) is 17.2 Å². The summed E-state index contributed by atoms with van der Waals surface area (Å²) in [4.78, 5) is 11.3. The van der Waals surface area contributed by atoms with Crippen molar-refractivity contribution in [3.63, 3.8) is 0 Å². The zero-order valence-electron chi connectivity index (χ0n) is 12.1. The lowest BCUT2D eigenvalue weighted by Crippen LogP contribution is -2.15. The molecule has 6 nitrogen and oxygen atoms in total. The Morgan fingerprint density at radius 1 is 1.20 bits per heavy atom. The van der Waals surface area contributed by atoms with E-state index in [1.807, 2.05) is 12.1 Å². The third-order valence-electron chi connectivity index (χ3n) is 2.59. The molecule has 1 aromatic rings. The topological polar surface area (TPSA) is 80.0 Å². The van der Waals surface area contributed by atoms with E-state index in [9.17, 15) is 4.79 Å². The highest BCUT2D eigenvalue weighted by atomic mass is 16.6. The lowest BCUT2D eigenvalue weighted by atomic mass is 10.1. The molecule has 0 unspecified atom stereocenters. The number of hydrogen-bond acceptors (Lipinski definition) is 6. The molecule has 1 aromatic carbocycles. The Balaban J connectivity index is 2.94. The summed E-state index contributed by atoms with van der Waals surface area (Å²) >= 11 is 0. The fraction of sp³-hybridized carbons (Fsp3) is 0.500. The van der Waals surface area contributed by atoms with E-state index in [1.165, 1.54) is 14.2 Å². The van der Waals surface area contributed by atoms with E-state index in [2.05, 4.69) is 0 Å². The minimum atomic E-state index is -0.442. The van der Waals surface area contributed by atoms with Gasteiger partial charge in [0.25, 0.3) is 0 Å². The van der Waals surface area contributed by atoms with Crippen LogP contribution in [0.1, 0.15) is 12.5 Å². The lowest BCUT2D eigenvalue weighted by molar-refractivity contribution is -0.145. The predicted octanol–water partition coefficient (Wildman–Crippen LogP) is 1.15. The van der Waals surface area contributed by atoms with Crippen molar-refractivity contribution >= 4 is 5.97 Å². The summed E-state index contributed by atoms with van der Waals surface area (Å²) < 4.78 is 20.8. The molecule has 20 heavy (non-hydrogen) atoms. The van der Waals surface area contributed by atoms with Crippen molar-refractivity contribution in [1.29, 1.82) is 0 Å². The highest BCUT2D eigenvalue weighted by Gasteiger charge is 2.15. The third-order valence-corrected chi connectivity index (χ3v) is 2.59. The van der Waals surface area contributed by atoms with E-state index in [0.29, 0.717) is 36.8 Å². The molecule has 0 atom stereocenters. The Morgan fingerprint density at radius 2 is 1.80 bits per heavy atom. The summed E-state index contributed by atoms with van der Waals surface area (Å²) in [6.45, 7) is 2.37. The second-order valence-electron chi connectivity index (χ2n) is 3.96. The van der Waals surface area contributed by atoms with Gasteiger partial charge in [-0.2, -0.15) is 0 Å². The van der Waals surface area contributed by atoms with Crippen molar-refractivity contribution in [3.8, 4) is 17.2 Å². The van der Waals surface area contributed by atoms with Crippen molar-refractivity contribution < 1.29 is 23.7 Å². The minimum absolute atomic E-state index is 0.198. The molecule has 0 amide bonds. The number of methoxy groups -OCH3 is 2. The van der Waals surface area contributed by atoms with Crippen LogP contribution in [0.25, 0.3) is 0 Å². The molecular weight excluding hydrogens is 262 g/mol. The maximum Gasteiger partial charge on any atom is 0.344 e. The van der Waals surface area contributed by atoms with Crippen LogP contribution in [0.2, 0.25) is 0 Å². The third kappa shape index (κ3) is 4.31. The first-order valence-electron chi connectivity index (χ1n) is 6.39. The number of carbonyl (C=O) groups excluding carboxylic acids is 1. The Hall–Kier alpha value is -1.95. The molecule has 0 radical (unpaired) electrons. The molecule has 0 aromatic heterocycles. The molecule has 0 fully saturated rings. The van der Waals surface area contributed by atoms with Gasteiger partial charge in [0.2, 0.25) is 5.75 Å². The number of benzene rings is 1. The second kappa shape index (κ2) is 8.27. The number of carbonyl (C=O) groups is 1. The van der Waals surface area contributed by atoms with Crippen LogP contribution in [0.15, 0.2) is 12.1 Å². The molecular formula is C14H21NO5. The molecule has 0 saturated heterocycles. The lowest BCUT2D eigenvalue weighted by Gasteiger charge is -2.15. The van der Waals surface area contributed by atoms with Gasteiger partial charge >= 0.3 is 5.97 Å². The Kier molecular flexibility index (Phi) is 6.66. The first-order chi connectivity index (χ1) is 9.65. The fourth-order valence-electron chi connectivity index (χ4n) is 1.72. The van der Waals surface area contributed by atoms with Gasteiger partial charge in [-0.25, -0.2) is 4.79 Å². The SMILES string of the molecule is CCOC(=O)COc1c(OC)cc(CCN)cc1OC. The normalized spacial score (nSPS) is 10.0. The fourth-order valence-corrected chi connectivity index (χ4v) is 1.72. The Morgan fingerprint density at radius 3 is 2.25 bits per heavy atom. The highest BCUT2D eigenvalue weighted by molar-refractivity contribution is 5.71. The molecule has 0 aliphatic heterocycles. The van der Waals surface area contributed by atoms with Crippen LogP contribution in [0.4, 0.5) is 0 Å². The average Bonchev–Trinajstić information content (AvgIpc) is 2.45. The van der Waals surface area contributed by atoms with Crippen LogP contribution in [0.3, 0.4) is 0 Å². The van der Waals surface area contributed by atoms with Gasteiger partial charge in [-0.3, -0.25) is 0 Å². The van der Waals surface area contributed by atoms with Crippen molar-refractivity contribution in [1.82, 2.24) is 0 Å². The van der Waals surface area contributed by atoms with Crippen molar-refractivity contribution in [2.24, 2.45) is 5.73 Å². The zero-order valence-corrected chi connectivity index (χ0v) is 12.1. The monoisotopic (exact) mass is 283 g/mol. The van der Waals surface area contributed by atoms with Crippen LogP contribution >= 0.6 is 0 Å². The maximum absolute atomic E-state index is 11.3. The number of nitrogens with two attached hydrogens (primary N) is 1. The van der Waals surface area contributed by atoms with Crippen LogP contribution in [-0.2, 0) is 16.0 Å². The van der Waals surface area contributed by atoms with Crippen LogP contribution in [-0.4, -0.2) is 39.9 Å². The van der Waals surface area contributed by atoms with Crippen molar-refractivity contribution in [3.05, 3.63) is 17.7 Å². The van der Waals surface area contributed by atoms with E-state index < -0.39 is 5.97 Å². The van der Waals surface area contributed by atoms with Gasteiger partial charge in [0.1, 0.15) is 0 Å². The Labute approximate surface area is 118 Å². The second-order valence-corrected chi connectivity index (χ2v) is 3.96. The van der Waals surface area contributed by atoms with Crippen molar-refractivity contribution in [2.45, 2.75) is 13.3 Å². The largest absolute Gasteiger partial charge is 0.493 e. The van der Waals surface area contributed by atoms with Crippen LogP contribution < -0.4 is 19.9 Å². The molecule has 1 rings (SSSR count). The van der Waals surface area contributed by atoms with Gasteiger partial charge < -0.3 is 24.7 Å². The molecule has 0 bridgehead atoms. The molecule has 0 aliphatic rings. The number of hydrogen-bond donors (Lipinski definition) is 1. The molecule has 0 aliphatic carbocycles. The summed E-state index contributed by atoms with van der Waals surface area (Å²) in [5.41, 5.74) is 6.52. The first-order valence-corrected chi connectivity index (χ1v) is 6.39. The number of esters is 1. The molecule has 112 valence electrons. The quantitative estimate of drug-likeness (QED) is 0.721. The van der Waals surface area contributed by atoms with Gasteiger partial charge in [0, 0.05) is 0 Å². The van der Waals surface area contributed by atoms with E-state index in [-0.39, 0.29) is 6.61 Å². The van der Waals surface area contributed by atoms with E-state index in [0.717, 1.165) is 5.56 Å². The van der Waals surface area contributed by atoms with Gasteiger partial charge in [0.15, 0.2) is 18.1 Å². The molecule has 6 heteroatoms. The minimum Gasteiger partial charge on any atom is -0.493 e. The standard InChI is InChI=1S/C14H21NO5/c1-4-19-13(16)9-20-14-11(17-2)7-10(5-6-15)8-12(14)18-3/h7-8H,4-6,9,15H2,1-3H3. The smallest absolute Gasteiger partial charge is 0.344 e. The van der Waals surface area contributed by atoms with Crippen LogP contribution in [0, 0.1) is 0 Å². The zero-order chi connectivity index (χ0) is 15.0. The average molecular weight is 283 g/mol. The number of ether oxygens (including phenoxy) is 4. The van der Waals surface area contributed by atoms with Gasteiger partial charge in [-0.05, 0) is 37.6 Å². The van der Waals surface area contributed by atoms with Crippen molar-refractivity contribution in [2.75, 3.05) is 34.0 Å². The molecule has 0 spiro atoms. The predicted molar refractivity (Wildman–Crippen MR) is 74.4 cm³/mol. The summed E-state index contributed by atoms with van der Waals surface area (Å²) in [5.74, 6) is 0.931. The maximum atomic E-state index is 11.3. The van der Waals surface area contributed by atoms with Gasteiger partial charge in [-0.15, -0.1) is 0 Å².